The second kappa shape index (κ2) is 11.2. The van der Waals surface area contributed by atoms with Crippen molar-refractivity contribution in [1.82, 2.24) is 0 Å². The van der Waals surface area contributed by atoms with Crippen molar-refractivity contribution in [1.29, 1.82) is 10.5 Å². The highest BCUT2D eigenvalue weighted by Gasteiger charge is 2.28. The van der Waals surface area contributed by atoms with Gasteiger partial charge in [-0.3, -0.25) is 0 Å². The summed E-state index contributed by atoms with van der Waals surface area (Å²) in [4.78, 5) is 0. The molecule has 0 bridgehead atoms. The van der Waals surface area contributed by atoms with E-state index >= 15 is 0 Å². The van der Waals surface area contributed by atoms with Gasteiger partial charge in [-0.25, -0.2) is 0 Å². The number of rotatable bonds is 4. The molecule has 0 aliphatic carbocycles. The van der Waals surface area contributed by atoms with Crippen LogP contribution in [0.3, 0.4) is 0 Å². The van der Waals surface area contributed by atoms with Gasteiger partial charge in [-0.15, -0.1) is 0 Å². The fourth-order valence-corrected chi connectivity index (χ4v) is 3.98. The first-order valence-corrected chi connectivity index (χ1v) is 11.7. The molecular weight excluding hydrogens is 482 g/mol. The van der Waals surface area contributed by atoms with Crippen LogP contribution in [0.25, 0.3) is 0 Å². The monoisotopic (exact) mass is 502 g/mol. The number of benzene rings is 4. The number of fused-ring (bicyclic) bond motifs is 2. The van der Waals surface area contributed by atoms with Gasteiger partial charge in [0.1, 0.15) is 23.0 Å². The number of hydrogen-bond donors (Lipinski definition) is 2. The third kappa shape index (κ3) is 5.70. The van der Waals surface area contributed by atoms with Crippen molar-refractivity contribution in [3.63, 3.8) is 0 Å². The molecule has 0 saturated carbocycles. The predicted octanol–water partition coefficient (Wildman–Crippen LogP) is 3.14. The quantitative estimate of drug-likeness (QED) is 0.408. The zero-order valence-corrected chi connectivity index (χ0v) is 20.1. The predicted molar refractivity (Wildman–Crippen MR) is 140 cm³/mol. The lowest BCUT2D eigenvalue weighted by Crippen LogP contribution is -2.27. The number of hydrogen-bond acceptors (Lipinski definition) is 8. The first-order valence-electron chi connectivity index (χ1n) is 11.7. The van der Waals surface area contributed by atoms with E-state index in [1.807, 2.05) is 24.3 Å². The number of nitrogens with zero attached hydrogens (tertiary/aromatic N) is 2. The number of ether oxygens (including phenoxy) is 2. The van der Waals surface area contributed by atoms with Crippen LogP contribution in [0, 0.1) is 22.7 Å². The summed E-state index contributed by atoms with van der Waals surface area (Å²) in [5, 5.41) is 36.7. The third-order valence-corrected chi connectivity index (χ3v) is 6.00. The molecule has 4 aromatic rings. The van der Waals surface area contributed by atoms with E-state index in [0.29, 0.717) is 47.3 Å². The molecule has 8 nitrogen and oxygen atoms in total. The summed E-state index contributed by atoms with van der Waals surface area (Å²) in [6.07, 6.45) is 0. The average Bonchev–Trinajstić information content (AvgIpc) is 3.51. The normalized spacial score (nSPS) is 12.9. The van der Waals surface area contributed by atoms with Crippen LogP contribution < -0.4 is 20.4 Å². The fraction of sp³-hybridized carbons (Fsp3) is 0.0714. The Morgan fingerprint density at radius 1 is 0.579 bits per heavy atom. The van der Waals surface area contributed by atoms with E-state index in [4.69, 9.17) is 29.3 Å². The van der Waals surface area contributed by atoms with E-state index in [2.05, 4.69) is 12.1 Å². The minimum absolute atomic E-state index is 0.424. The maximum absolute atomic E-state index is 9.63. The SMILES string of the molecule is N#Cc1ccc(Oc2ccc3c(c2)B(O)OC3)cc1.N#Cc1ccc(Oc2ccc3c(c2)B(O)OC3)cc1. The van der Waals surface area contributed by atoms with Gasteiger partial charge < -0.3 is 28.8 Å². The molecule has 2 aliphatic heterocycles. The molecule has 0 atom stereocenters. The van der Waals surface area contributed by atoms with E-state index < -0.39 is 14.2 Å². The molecule has 10 heteroatoms. The van der Waals surface area contributed by atoms with Crippen molar-refractivity contribution in [3.05, 3.63) is 107 Å². The Bertz CT molecular complexity index is 1410. The second-order valence-electron chi connectivity index (χ2n) is 8.52. The number of nitriles is 2. The lowest BCUT2D eigenvalue weighted by Gasteiger charge is -2.07. The average molecular weight is 502 g/mol. The largest absolute Gasteiger partial charge is 0.491 e. The molecule has 4 aromatic carbocycles. The van der Waals surface area contributed by atoms with Crippen molar-refractivity contribution in [2.75, 3.05) is 0 Å². The molecule has 0 aromatic heterocycles. The standard InChI is InChI=1S/2C14H10BNO3/c2*16-8-10-1-4-12(5-2-10)19-13-6-3-11-9-18-15(17)14(11)7-13/h2*1-7,17H,9H2. The van der Waals surface area contributed by atoms with Crippen molar-refractivity contribution < 1.29 is 28.8 Å². The molecule has 2 N–H and O–H groups in total. The summed E-state index contributed by atoms with van der Waals surface area (Å²) < 4.78 is 21.6. The molecule has 0 spiro atoms. The van der Waals surface area contributed by atoms with Gasteiger partial charge in [0.2, 0.25) is 0 Å². The second-order valence-corrected chi connectivity index (χ2v) is 8.52. The molecule has 0 fully saturated rings. The van der Waals surface area contributed by atoms with Crippen LogP contribution in [-0.2, 0) is 22.5 Å². The summed E-state index contributed by atoms with van der Waals surface area (Å²) in [5.41, 5.74) is 4.60. The zero-order valence-electron chi connectivity index (χ0n) is 20.1. The van der Waals surface area contributed by atoms with Gasteiger partial charge in [0, 0.05) is 0 Å². The van der Waals surface area contributed by atoms with Gasteiger partial charge >= 0.3 is 14.2 Å². The summed E-state index contributed by atoms with van der Waals surface area (Å²) >= 11 is 0. The molecule has 0 saturated heterocycles. The van der Waals surface area contributed by atoms with Gasteiger partial charge in [0.25, 0.3) is 0 Å². The van der Waals surface area contributed by atoms with E-state index in [1.165, 1.54) is 0 Å². The maximum Gasteiger partial charge on any atom is 0.491 e. The lowest BCUT2D eigenvalue weighted by molar-refractivity contribution is 0.275. The first-order chi connectivity index (χ1) is 18.5. The Morgan fingerprint density at radius 2 is 0.947 bits per heavy atom. The van der Waals surface area contributed by atoms with E-state index in [1.54, 1.807) is 60.7 Å². The first kappa shape index (κ1) is 25.1. The summed E-state index contributed by atoms with van der Waals surface area (Å²) in [5.74, 6) is 2.56. The molecule has 2 heterocycles. The maximum atomic E-state index is 9.63. The van der Waals surface area contributed by atoms with Crippen LogP contribution in [0.5, 0.6) is 23.0 Å². The van der Waals surface area contributed by atoms with Gasteiger partial charge in [0.15, 0.2) is 0 Å². The van der Waals surface area contributed by atoms with E-state index in [0.717, 1.165) is 22.1 Å². The van der Waals surface area contributed by atoms with Crippen LogP contribution in [0.4, 0.5) is 0 Å². The highest BCUT2D eigenvalue weighted by atomic mass is 16.5. The Hall–Kier alpha value is -4.57. The highest BCUT2D eigenvalue weighted by Crippen LogP contribution is 2.24. The topological polar surface area (TPSA) is 125 Å². The molecule has 0 unspecified atom stereocenters. The van der Waals surface area contributed by atoms with E-state index in [-0.39, 0.29) is 0 Å². The Labute approximate surface area is 220 Å². The minimum Gasteiger partial charge on any atom is -0.457 e. The molecule has 0 radical (unpaired) electrons. The summed E-state index contributed by atoms with van der Waals surface area (Å²) in [7, 11) is -1.75. The Balaban J connectivity index is 0.000000155. The Kier molecular flexibility index (Phi) is 7.41. The molecular formula is C28H20B2N2O6. The van der Waals surface area contributed by atoms with Crippen molar-refractivity contribution >= 4 is 25.2 Å². The van der Waals surface area contributed by atoms with Gasteiger partial charge in [-0.2, -0.15) is 10.5 Å². The third-order valence-electron chi connectivity index (χ3n) is 6.00. The van der Waals surface area contributed by atoms with Crippen LogP contribution in [-0.4, -0.2) is 24.3 Å². The molecule has 184 valence electrons. The minimum atomic E-state index is -0.875. The van der Waals surface area contributed by atoms with Crippen molar-refractivity contribution in [2.45, 2.75) is 13.2 Å². The van der Waals surface area contributed by atoms with Crippen molar-refractivity contribution in [3.8, 4) is 35.1 Å². The molecule has 6 rings (SSSR count). The lowest BCUT2D eigenvalue weighted by atomic mass is 9.79. The van der Waals surface area contributed by atoms with Gasteiger partial charge in [0.05, 0.1) is 36.5 Å². The van der Waals surface area contributed by atoms with Crippen molar-refractivity contribution in [2.24, 2.45) is 0 Å². The van der Waals surface area contributed by atoms with Crippen LogP contribution >= 0.6 is 0 Å². The molecule has 2 aliphatic rings. The fourth-order valence-electron chi connectivity index (χ4n) is 3.98. The smallest absolute Gasteiger partial charge is 0.457 e. The highest BCUT2D eigenvalue weighted by molar-refractivity contribution is 6.62. The van der Waals surface area contributed by atoms with E-state index in [9.17, 15) is 10.0 Å². The van der Waals surface area contributed by atoms with Crippen LogP contribution in [0.2, 0.25) is 0 Å². The molecule has 38 heavy (non-hydrogen) atoms. The van der Waals surface area contributed by atoms with Gasteiger partial charge in [-0.05, 0) is 94.8 Å². The van der Waals surface area contributed by atoms with Crippen LogP contribution in [0.15, 0.2) is 84.9 Å². The van der Waals surface area contributed by atoms with Crippen LogP contribution in [0.1, 0.15) is 22.3 Å². The molecule has 0 amide bonds. The summed E-state index contributed by atoms with van der Waals surface area (Å²) in [6, 6.07) is 28.8. The summed E-state index contributed by atoms with van der Waals surface area (Å²) in [6.45, 7) is 0.849. The van der Waals surface area contributed by atoms with Gasteiger partial charge in [-0.1, -0.05) is 12.1 Å². The Morgan fingerprint density at radius 3 is 1.32 bits per heavy atom. The zero-order chi connectivity index (χ0) is 26.5.